The maximum atomic E-state index is 13.5. The van der Waals surface area contributed by atoms with E-state index in [0.29, 0.717) is 26.2 Å². The van der Waals surface area contributed by atoms with Crippen LogP contribution < -0.4 is 0 Å². The van der Waals surface area contributed by atoms with Crippen molar-refractivity contribution >= 4 is 16.9 Å². The third kappa shape index (κ3) is 1.84. The number of para-hydroxylation sites is 1. The van der Waals surface area contributed by atoms with Crippen LogP contribution in [0.15, 0.2) is 24.3 Å². The zero-order valence-corrected chi connectivity index (χ0v) is 15.2. The fraction of sp³-hybridized carbons (Fsp3) is 0.550. The molecule has 1 N–H and O–H groups in total. The Morgan fingerprint density at radius 1 is 1.38 bits per heavy atom. The molecule has 6 heteroatoms. The number of nitrogens with zero attached hydrogens (tertiary/aromatic N) is 1. The first-order valence-electron chi connectivity index (χ1n) is 9.34. The fourth-order valence-corrected chi connectivity index (χ4v) is 5.97. The number of methoxy groups -OCH3 is 1. The highest BCUT2D eigenvalue weighted by Crippen LogP contribution is 2.60. The molecular formula is C20H24N2O4. The Labute approximate surface area is 152 Å². The predicted octanol–water partition coefficient (Wildman–Crippen LogP) is 2.63. The summed E-state index contributed by atoms with van der Waals surface area (Å²) in [4.78, 5) is 16.6. The molecule has 3 heterocycles. The second-order valence-electron chi connectivity index (χ2n) is 8.17. The van der Waals surface area contributed by atoms with Gasteiger partial charge in [-0.1, -0.05) is 18.2 Å². The molecule has 0 spiro atoms. The number of benzene rings is 1. The number of likely N-dealkylation sites (tertiary alicyclic amines) is 1. The normalized spacial score (nSPS) is 38.5. The van der Waals surface area contributed by atoms with E-state index in [4.69, 9.17) is 9.47 Å². The maximum Gasteiger partial charge on any atom is 0.320 e. The van der Waals surface area contributed by atoms with Gasteiger partial charge < -0.3 is 24.3 Å². The lowest BCUT2D eigenvalue weighted by Gasteiger charge is -2.59. The Hall–Kier alpha value is -1.89. The summed E-state index contributed by atoms with van der Waals surface area (Å²) in [5.41, 5.74) is 1.98. The topological polar surface area (TPSA) is 74.4 Å². The van der Waals surface area contributed by atoms with E-state index >= 15 is 0 Å². The van der Waals surface area contributed by atoms with E-state index in [0.717, 1.165) is 28.6 Å². The highest BCUT2D eigenvalue weighted by Gasteiger charge is 2.64. The molecule has 1 aromatic heterocycles. The van der Waals surface area contributed by atoms with Crippen LogP contribution in [0, 0.1) is 17.0 Å². The molecule has 2 aromatic rings. The molecular weight excluding hydrogens is 332 g/mol. The number of piperidine rings is 1. The second-order valence-corrected chi connectivity index (χ2v) is 8.17. The Bertz CT molecular complexity index is 889. The molecule has 0 radical (unpaired) electrons. The van der Waals surface area contributed by atoms with Crippen molar-refractivity contribution in [3.05, 3.63) is 40.7 Å². The summed E-state index contributed by atoms with van der Waals surface area (Å²) in [5.74, 6) is -0.0506. The molecule has 0 saturated carbocycles. The van der Waals surface area contributed by atoms with Crippen LogP contribution in [0.4, 0.5) is 0 Å². The standard InChI is InChI=1S/C20H24N2O4/c1-22(24)9-7-14-12-8-10-26-11-20(14,19(23)25-2)18-16(17(12)22)13-5-3-4-6-15(13)21-18/h3-6,12,14,17,21H,7-11H2,1-2H3/t12-,14-,17+,20-,22?/m0/s1. The van der Waals surface area contributed by atoms with Crippen LogP contribution in [0.25, 0.3) is 10.9 Å². The number of aromatic amines is 1. The molecule has 1 aliphatic carbocycles. The molecule has 3 aliphatic rings. The van der Waals surface area contributed by atoms with E-state index in [1.165, 1.54) is 7.11 Å². The summed E-state index contributed by atoms with van der Waals surface area (Å²) < 4.78 is 10.9. The van der Waals surface area contributed by atoms with Crippen LogP contribution in [0.1, 0.15) is 30.1 Å². The molecule has 1 unspecified atom stereocenters. The molecule has 26 heavy (non-hydrogen) atoms. The van der Waals surface area contributed by atoms with Crippen molar-refractivity contribution in [1.29, 1.82) is 0 Å². The van der Waals surface area contributed by atoms with Crippen molar-refractivity contribution in [2.45, 2.75) is 24.3 Å². The van der Waals surface area contributed by atoms with Gasteiger partial charge in [-0.25, -0.2) is 0 Å². The Morgan fingerprint density at radius 3 is 3.00 bits per heavy atom. The molecule has 138 valence electrons. The summed E-state index contributed by atoms with van der Waals surface area (Å²) in [6.07, 6.45) is 1.53. The van der Waals surface area contributed by atoms with E-state index in [1.807, 2.05) is 18.2 Å². The molecule has 4 bridgehead atoms. The van der Waals surface area contributed by atoms with Gasteiger partial charge >= 0.3 is 5.97 Å². The molecule has 1 aromatic carbocycles. The first kappa shape index (κ1) is 16.3. The summed E-state index contributed by atoms with van der Waals surface area (Å²) in [5, 5.41) is 14.5. The van der Waals surface area contributed by atoms with Gasteiger partial charge in [-0.2, -0.15) is 0 Å². The minimum Gasteiger partial charge on any atom is -0.633 e. The summed E-state index contributed by atoms with van der Waals surface area (Å²) in [7, 11) is 3.23. The molecule has 0 amide bonds. The maximum absolute atomic E-state index is 13.5. The Balaban J connectivity index is 1.90. The highest BCUT2D eigenvalue weighted by atomic mass is 16.5. The zero-order valence-electron chi connectivity index (χ0n) is 15.2. The van der Waals surface area contributed by atoms with E-state index in [2.05, 4.69) is 11.1 Å². The first-order chi connectivity index (χ1) is 12.5. The Kier molecular flexibility index (Phi) is 3.33. The number of fused-ring (bicyclic) bond motifs is 5. The average Bonchev–Trinajstić information content (AvgIpc) is 2.93. The SMILES string of the molecule is COC(=O)[C@@]12COCC[C@H]3[C@@H]1CC[N+](C)([O-])[C@H]3c1c2[nH]c2ccccc12. The number of carbonyl (C=O) groups excluding carboxylic acids is 1. The lowest BCUT2D eigenvalue weighted by Crippen LogP contribution is -2.62. The number of hydrogen-bond acceptors (Lipinski definition) is 4. The van der Waals surface area contributed by atoms with Crippen LogP contribution in [0.3, 0.4) is 0 Å². The fourth-order valence-electron chi connectivity index (χ4n) is 5.97. The lowest BCUT2D eigenvalue weighted by atomic mass is 9.56. The summed E-state index contributed by atoms with van der Waals surface area (Å²) in [6, 6.07) is 7.86. The molecule has 2 aliphatic heterocycles. The minimum atomic E-state index is -0.846. The van der Waals surface area contributed by atoms with Gasteiger partial charge in [-0.05, 0) is 18.4 Å². The molecule has 5 atom stereocenters. The van der Waals surface area contributed by atoms with Gasteiger partial charge in [0.05, 0.1) is 27.3 Å². The number of aromatic nitrogens is 1. The van der Waals surface area contributed by atoms with Gasteiger partial charge in [0.1, 0.15) is 11.5 Å². The van der Waals surface area contributed by atoms with Gasteiger partial charge in [0.25, 0.3) is 0 Å². The number of quaternary nitrogens is 1. The number of rotatable bonds is 1. The van der Waals surface area contributed by atoms with Crippen molar-refractivity contribution < 1.29 is 18.9 Å². The van der Waals surface area contributed by atoms with Crippen molar-refractivity contribution in [1.82, 2.24) is 4.98 Å². The van der Waals surface area contributed by atoms with Crippen LogP contribution in [-0.4, -0.2) is 49.5 Å². The third-order valence-corrected chi connectivity index (χ3v) is 6.99. The second kappa shape index (κ2) is 5.31. The van der Waals surface area contributed by atoms with E-state index in [9.17, 15) is 10.0 Å². The molecule has 2 saturated heterocycles. The number of carbonyl (C=O) groups is 1. The van der Waals surface area contributed by atoms with Crippen LogP contribution in [0.2, 0.25) is 0 Å². The van der Waals surface area contributed by atoms with Crippen molar-refractivity contribution in [3.63, 3.8) is 0 Å². The number of nitrogens with one attached hydrogen (secondary N) is 1. The largest absolute Gasteiger partial charge is 0.633 e. The van der Waals surface area contributed by atoms with Crippen molar-refractivity contribution in [3.8, 4) is 0 Å². The van der Waals surface area contributed by atoms with Crippen LogP contribution in [0.5, 0.6) is 0 Å². The van der Waals surface area contributed by atoms with Gasteiger partial charge in [0.15, 0.2) is 0 Å². The van der Waals surface area contributed by atoms with Gasteiger partial charge in [0, 0.05) is 41.1 Å². The number of hydroxylamine groups is 3. The molecule has 6 nitrogen and oxygen atoms in total. The first-order valence-corrected chi connectivity index (χ1v) is 9.34. The third-order valence-electron chi connectivity index (χ3n) is 6.99. The smallest absolute Gasteiger partial charge is 0.320 e. The van der Waals surface area contributed by atoms with Crippen LogP contribution in [-0.2, 0) is 19.7 Å². The number of ether oxygens (including phenoxy) is 2. The van der Waals surface area contributed by atoms with E-state index in [-0.39, 0.29) is 28.5 Å². The minimum absolute atomic E-state index is 0.0724. The van der Waals surface area contributed by atoms with Gasteiger partial charge in [-0.15, -0.1) is 0 Å². The Morgan fingerprint density at radius 2 is 2.19 bits per heavy atom. The van der Waals surface area contributed by atoms with Gasteiger partial charge in [-0.3, -0.25) is 4.79 Å². The monoisotopic (exact) mass is 356 g/mol. The van der Waals surface area contributed by atoms with Gasteiger partial charge in [0.2, 0.25) is 0 Å². The number of hydrogen-bond donors (Lipinski definition) is 1. The number of esters is 1. The number of H-pyrrole nitrogens is 1. The molecule has 2 fully saturated rings. The van der Waals surface area contributed by atoms with E-state index < -0.39 is 5.41 Å². The van der Waals surface area contributed by atoms with E-state index in [1.54, 1.807) is 7.05 Å². The van der Waals surface area contributed by atoms with Crippen molar-refractivity contribution in [2.75, 3.05) is 33.9 Å². The average molecular weight is 356 g/mol. The zero-order chi connectivity index (χ0) is 18.1. The quantitative estimate of drug-likeness (QED) is 0.484. The van der Waals surface area contributed by atoms with Crippen molar-refractivity contribution in [2.24, 2.45) is 11.8 Å². The summed E-state index contributed by atoms with van der Waals surface area (Å²) >= 11 is 0. The summed E-state index contributed by atoms with van der Waals surface area (Å²) in [6.45, 7) is 1.41. The highest BCUT2D eigenvalue weighted by molar-refractivity contribution is 5.92. The lowest BCUT2D eigenvalue weighted by molar-refractivity contribution is -0.905. The molecule has 5 rings (SSSR count). The predicted molar refractivity (Wildman–Crippen MR) is 96.2 cm³/mol. The van der Waals surface area contributed by atoms with Crippen LogP contribution >= 0.6 is 0 Å².